The SMILES string of the molecule is C[C@H](N)C(=O)N1C[C@H](c2ccc(F)cc2)[C@@H](O)[C@H]1C(=O)NC(c1ccccc1F)c1ccccc1F. The zero-order chi connectivity index (χ0) is 26.0. The van der Waals surface area contributed by atoms with Crippen LogP contribution in [-0.2, 0) is 9.59 Å². The lowest BCUT2D eigenvalue weighted by Crippen LogP contribution is -2.54. The molecule has 188 valence electrons. The van der Waals surface area contributed by atoms with Crippen LogP contribution in [0, 0.1) is 17.5 Å². The van der Waals surface area contributed by atoms with E-state index in [9.17, 15) is 27.9 Å². The van der Waals surface area contributed by atoms with Crippen molar-refractivity contribution < 1.29 is 27.9 Å². The van der Waals surface area contributed by atoms with Crippen molar-refractivity contribution in [3.63, 3.8) is 0 Å². The highest BCUT2D eigenvalue weighted by Gasteiger charge is 2.48. The van der Waals surface area contributed by atoms with E-state index >= 15 is 0 Å². The molecule has 3 aromatic carbocycles. The van der Waals surface area contributed by atoms with Gasteiger partial charge in [0.1, 0.15) is 23.5 Å². The maximum atomic E-state index is 14.8. The van der Waals surface area contributed by atoms with Gasteiger partial charge in [0.2, 0.25) is 11.8 Å². The van der Waals surface area contributed by atoms with Gasteiger partial charge in [0.25, 0.3) is 0 Å². The summed E-state index contributed by atoms with van der Waals surface area (Å²) in [5.41, 5.74) is 6.36. The molecule has 0 spiro atoms. The Morgan fingerprint density at radius 1 is 0.944 bits per heavy atom. The summed E-state index contributed by atoms with van der Waals surface area (Å²) < 4.78 is 43.0. The third kappa shape index (κ3) is 4.98. The van der Waals surface area contributed by atoms with Gasteiger partial charge >= 0.3 is 0 Å². The fourth-order valence-electron chi connectivity index (χ4n) is 4.60. The van der Waals surface area contributed by atoms with Gasteiger partial charge in [0.15, 0.2) is 0 Å². The minimum absolute atomic E-state index is 0.0172. The van der Waals surface area contributed by atoms with Gasteiger partial charge in [0.05, 0.1) is 18.2 Å². The van der Waals surface area contributed by atoms with Crippen LogP contribution in [0.15, 0.2) is 72.8 Å². The van der Waals surface area contributed by atoms with Crippen molar-refractivity contribution in [2.24, 2.45) is 5.73 Å². The highest BCUT2D eigenvalue weighted by Crippen LogP contribution is 2.34. The Morgan fingerprint density at radius 3 is 1.97 bits per heavy atom. The van der Waals surface area contributed by atoms with Gasteiger partial charge in [-0.15, -0.1) is 0 Å². The highest BCUT2D eigenvalue weighted by atomic mass is 19.1. The van der Waals surface area contributed by atoms with Crippen LogP contribution in [0.4, 0.5) is 13.2 Å². The molecule has 0 aliphatic carbocycles. The van der Waals surface area contributed by atoms with Crippen LogP contribution in [0.25, 0.3) is 0 Å². The first-order valence-electron chi connectivity index (χ1n) is 11.5. The lowest BCUT2D eigenvalue weighted by Gasteiger charge is -2.29. The van der Waals surface area contributed by atoms with E-state index in [4.69, 9.17) is 5.73 Å². The number of hydrogen-bond donors (Lipinski definition) is 3. The molecule has 4 N–H and O–H groups in total. The molecule has 0 bridgehead atoms. The van der Waals surface area contributed by atoms with E-state index in [1.807, 2.05) is 0 Å². The van der Waals surface area contributed by atoms with Gasteiger partial charge in [-0.05, 0) is 36.8 Å². The molecule has 0 unspecified atom stereocenters. The Morgan fingerprint density at radius 2 is 1.47 bits per heavy atom. The molecular weight excluding hydrogens is 471 g/mol. The second kappa shape index (κ2) is 10.5. The summed E-state index contributed by atoms with van der Waals surface area (Å²) in [6.45, 7) is 1.41. The predicted octanol–water partition coefficient (Wildman–Crippen LogP) is 3.01. The number of aliphatic hydroxyl groups is 1. The van der Waals surface area contributed by atoms with Crippen LogP contribution in [0.1, 0.15) is 35.6 Å². The van der Waals surface area contributed by atoms with Crippen LogP contribution in [-0.4, -0.2) is 46.6 Å². The summed E-state index contributed by atoms with van der Waals surface area (Å²) in [6.07, 6.45) is -1.37. The third-order valence-electron chi connectivity index (χ3n) is 6.42. The van der Waals surface area contributed by atoms with E-state index in [-0.39, 0.29) is 17.7 Å². The van der Waals surface area contributed by atoms with Crippen LogP contribution < -0.4 is 11.1 Å². The molecule has 1 saturated heterocycles. The van der Waals surface area contributed by atoms with Crippen LogP contribution in [0.5, 0.6) is 0 Å². The number of nitrogens with zero attached hydrogens (tertiary/aromatic N) is 1. The molecule has 4 atom stereocenters. The van der Waals surface area contributed by atoms with Crippen molar-refractivity contribution in [2.75, 3.05) is 6.54 Å². The first-order valence-corrected chi connectivity index (χ1v) is 11.5. The quantitative estimate of drug-likeness (QED) is 0.488. The van der Waals surface area contributed by atoms with Gasteiger partial charge in [-0.3, -0.25) is 9.59 Å². The van der Waals surface area contributed by atoms with E-state index in [1.54, 1.807) is 12.1 Å². The first kappa shape index (κ1) is 25.4. The first-order chi connectivity index (χ1) is 17.2. The molecule has 1 aliphatic rings. The number of carbonyl (C=O) groups is 2. The number of benzene rings is 3. The minimum Gasteiger partial charge on any atom is -0.390 e. The number of nitrogens with two attached hydrogens (primary N) is 1. The van der Waals surface area contributed by atoms with Crippen LogP contribution in [0.2, 0.25) is 0 Å². The van der Waals surface area contributed by atoms with Crippen molar-refractivity contribution in [1.29, 1.82) is 0 Å². The van der Waals surface area contributed by atoms with Crippen molar-refractivity contribution in [3.8, 4) is 0 Å². The molecule has 3 aromatic rings. The van der Waals surface area contributed by atoms with E-state index in [0.717, 1.165) is 0 Å². The van der Waals surface area contributed by atoms with Crippen molar-refractivity contribution >= 4 is 11.8 Å². The van der Waals surface area contributed by atoms with Gasteiger partial charge in [-0.1, -0.05) is 48.5 Å². The molecule has 0 radical (unpaired) electrons. The zero-order valence-electron chi connectivity index (χ0n) is 19.4. The van der Waals surface area contributed by atoms with Crippen molar-refractivity contribution in [2.45, 2.75) is 37.1 Å². The second-order valence-corrected chi connectivity index (χ2v) is 8.86. The Labute approximate surface area is 206 Å². The number of halogens is 3. The average Bonchev–Trinajstić information content (AvgIpc) is 3.20. The Kier molecular flexibility index (Phi) is 7.42. The number of carbonyl (C=O) groups excluding carboxylic acids is 2. The number of amides is 2. The summed E-state index contributed by atoms with van der Waals surface area (Å²) in [5.74, 6) is -3.88. The van der Waals surface area contributed by atoms with Crippen molar-refractivity contribution in [1.82, 2.24) is 10.2 Å². The molecule has 9 heteroatoms. The number of hydrogen-bond acceptors (Lipinski definition) is 4. The molecule has 2 amide bonds. The Bertz CT molecular complexity index is 1210. The lowest BCUT2D eigenvalue weighted by molar-refractivity contribution is -0.141. The van der Waals surface area contributed by atoms with Gasteiger partial charge < -0.3 is 21.1 Å². The topological polar surface area (TPSA) is 95.7 Å². The van der Waals surface area contributed by atoms with Crippen LogP contribution >= 0.6 is 0 Å². The molecule has 0 aromatic heterocycles. The van der Waals surface area contributed by atoms with Crippen LogP contribution in [0.3, 0.4) is 0 Å². The number of nitrogens with one attached hydrogen (secondary N) is 1. The smallest absolute Gasteiger partial charge is 0.246 e. The van der Waals surface area contributed by atoms with E-state index in [1.165, 1.54) is 72.5 Å². The van der Waals surface area contributed by atoms with Gasteiger partial charge in [-0.25, -0.2) is 13.2 Å². The summed E-state index contributed by atoms with van der Waals surface area (Å²) in [7, 11) is 0. The largest absolute Gasteiger partial charge is 0.390 e. The van der Waals surface area contributed by atoms with Gasteiger partial charge in [-0.2, -0.15) is 0 Å². The lowest BCUT2D eigenvalue weighted by atomic mass is 9.92. The Hall–Kier alpha value is -3.69. The molecule has 4 rings (SSSR count). The zero-order valence-corrected chi connectivity index (χ0v) is 19.4. The molecule has 1 heterocycles. The molecular formula is C27H26F3N3O3. The Balaban J connectivity index is 1.71. The third-order valence-corrected chi connectivity index (χ3v) is 6.42. The molecule has 0 saturated carbocycles. The number of rotatable bonds is 6. The van der Waals surface area contributed by atoms with Gasteiger partial charge in [0, 0.05) is 23.6 Å². The summed E-state index contributed by atoms with van der Waals surface area (Å²) in [5, 5.41) is 13.8. The maximum absolute atomic E-state index is 14.8. The predicted molar refractivity (Wildman–Crippen MR) is 127 cm³/mol. The number of aliphatic hydroxyl groups excluding tert-OH is 1. The summed E-state index contributed by atoms with van der Waals surface area (Å²) >= 11 is 0. The van der Waals surface area contributed by atoms with E-state index < -0.39 is 59.4 Å². The average molecular weight is 498 g/mol. The molecule has 36 heavy (non-hydrogen) atoms. The standard InChI is InChI=1S/C27H26F3N3O3/c1-15(31)27(36)33-14-20(16-10-12-17(28)13-11-16)25(34)24(33)26(35)32-23(18-6-2-4-8-21(18)29)19-7-3-5-9-22(19)30/h2-13,15,20,23-25,34H,14,31H2,1H3,(H,32,35)/t15-,20+,24-,25+/m0/s1. The summed E-state index contributed by atoms with van der Waals surface area (Å²) in [6, 6.07) is 13.1. The van der Waals surface area contributed by atoms with E-state index in [0.29, 0.717) is 5.56 Å². The number of likely N-dealkylation sites (tertiary alicyclic amines) is 1. The normalized spacial score (nSPS) is 20.4. The fraction of sp³-hybridized carbons (Fsp3) is 0.259. The van der Waals surface area contributed by atoms with Crippen molar-refractivity contribution in [3.05, 3.63) is 107 Å². The molecule has 1 aliphatic heterocycles. The monoisotopic (exact) mass is 497 g/mol. The maximum Gasteiger partial charge on any atom is 0.246 e. The highest BCUT2D eigenvalue weighted by molar-refractivity contribution is 5.91. The minimum atomic E-state index is -1.39. The summed E-state index contributed by atoms with van der Waals surface area (Å²) in [4.78, 5) is 27.7. The molecule has 1 fully saturated rings. The fourth-order valence-corrected chi connectivity index (χ4v) is 4.60. The van der Waals surface area contributed by atoms with E-state index in [2.05, 4.69) is 5.32 Å². The molecule has 6 nitrogen and oxygen atoms in total. The second-order valence-electron chi connectivity index (χ2n) is 8.86.